The van der Waals surface area contributed by atoms with Crippen LogP contribution in [-0.4, -0.2) is 69.2 Å². The molecule has 11 heteroatoms. The molecule has 0 radical (unpaired) electrons. The minimum Gasteiger partial charge on any atom is -0.366 e. The van der Waals surface area contributed by atoms with Crippen molar-refractivity contribution in [2.75, 3.05) is 13.2 Å². The van der Waals surface area contributed by atoms with Gasteiger partial charge in [-0.1, -0.05) is 19.3 Å². The maximum Gasteiger partial charge on any atom is 0.262 e. The summed E-state index contributed by atoms with van der Waals surface area (Å²) in [7, 11) is 0. The van der Waals surface area contributed by atoms with Crippen molar-refractivity contribution in [2.24, 2.45) is 5.92 Å². The lowest BCUT2D eigenvalue weighted by Gasteiger charge is -2.34. The number of alkyl halides is 1. The van der Waals surface area contributed by atoms with Gasteiger partial charge in [-0.2, -0.15) is 0 Å². The number of hydrogen-bond donors (Lipinski definition) is 1. The van der Waals surface area contributed by atoms with E-state index in [-0.39, 0.29) is 36.5 Å². The number of amides is 2. The highest BCUT2D eigenvalue weighted by molar-refractivity contribution is 7.17. The molecule has 3 fully saturated rings. The van der Waals surface area contributed by atoms with Gasteiger partial charge in [-0.3, -0.25) is 14.4 Å². The van der Waals surface area contributed by atoms with Crippen molar-refractivity contribution in [2.45, 2.75) is 55.7 Å². The van der Waals surface area contributed by atoms with Gasteiger partial charge in [-0.05, 0) is 30.9 Å². The van der Waals surface area contributed by atoms with E-state index in [1.807, 2.05) is 0 Å². The summed E-state index contributed by atoms with van der Waals surface area (Å²) < 4.78 is 19.6. The molecule has 34 heavy (non-hydrogen) atoms. The van der Waals surface area contributed by atoms with Gasteiger partial charge in [0, 0.05) is 6.54 Å². The summed E-state index contributed by atoms with van der Waals surface area (Å²) in [5, 5.41) is 2.46. The lowest BCUT2D eigenvalue weighted by atomic mass is 9.83. The molecule has 0 bridgehead atoms. The summed E-state index contributed by atoms with van der Waals surface area (Å²) in [6.07, 6.45) is 6.49. The summed E-state index contributed by atoms with van der Waals surface area (Å²) >= 11 is 7.48. The Morgan fingerprint density at radius 2 is 2.06 bits per heavy atom. The van der Waals surface area contributed by atoms with E-state index < -0.39 is 35.3 Å². The number of aromatic nitrogens is 2. The fourth-order valence-corrected chi connectivity index (χ4v) is 6.41. The van der Waals surface area contributed by atoms with Gasteiger partial charge in [0.05, 0.1) is 21.3 Å². The second-order valence-corrected chi connectivity index (χ2v) is 10.6. The smallest absolute Gasteiger partial charge is 0.262 e. The Hall–Kier alpha value is -2.43. The molecule has 1 aliphatic carbocycles. The zero-order valence-corrected chi connectivity index (χ0v) is 19.9. The van der Waals surface area contributed by atoms with Crippen molar-refractivity contribution in [1.82, 2.24) is 20.2 Å². The second-order valence-electron chi connectivity index (χ2n) is 8.93. The predicted octanol–water partition coefficient (Wildman–Crippen LogP) is 2.81. The standard InChI is InChI=1S/C23H24ClFN4O4S/c24-13-9-29(20-15(30)10-33-21(13)20)23(32)18(12-4-2-1-3-5-12)28-22(31)17-7-6-16(34-17)19-14(25)8-26-11-27-19/h6-8,11-13,18,20-21H,1-5,9-10H2,(H,28,31)/t13-,18?,20+,21+/m0/s1. The Kier molecular flexibility index (Phi) is 6.63. The van der Waals surface area contributed by atoms with Gasteiger partial charge in [0.15, 0.2) is 11.6 Å². The maximum atomic E-state index is 14.1. The third-order valence-electron chi connectivity index (χ3n) is 6.81. The van der Waals surface area contributed by atoms with Gasteiger partial charge in [0.2, 0.25) is 5.91 Å². The van der Waals surface area contributed by atoms with Gasteiger partial charge >= 0.3 is 0 Å². The van der Waals surface area contributed by atoms with E-state index in [9.17, 15) is 18.8 Å². The van der Waals surface area contributed by atoms with Crippen molar-refractivity contribution < 1.29 is 23.5 Å². The monoisotopic (exact) mass is 506 g/mol. The van der Waals surface area contributed by atoms with Gasteiger partial charge in [0.1, 0.15) is 36.8 Å². The highest BCUT2D eigenvalue weighted by Crippen LogP contribution is 2.34. The van der Waals surface area contributed by atoms with E-state index in [0.717, 1.165) is 49.6 Å². The Labute approximate surface area is 204 Å². The molecule has 1 saturated carbocycles. The van der Waals surface area contributed by atoms with Crippen LogP contribution in [0.4, 0.5) is 4.39 Å². The number of ether oxygens (including phenoxy) is 1. The quantitative estimate of drug-likeness (QED) is 0.626. The Morgan fingerprint density at radius 3 is 2.82 bits per heavy atom. The summed E-state index contributed by atoms with van der Waals surface area (Å²) in [5.74, 6) is -1.48. The number of hydrogen-bond acceptors (Lipinski definition) is 7. The average Bonchev–Trinajstić information content (AvgIpc) is 3.56. The molecule has 2 aromatic heterocycles. The number of ketones is 1. The number of carbonyl (C=O) groups is 3. The van der Waals surface area contributed by atoms with Crippen molar-refractivity contribution in [3.05, 3.63) is 35.4 Å². The van der Waals surface area contributed by atoms with E-state index in [1.54, 1.807) is 12.1 Å². The molecular formula is C23H24ClFN4O4S. The van der Waals surface area contributed by atoms with E-state index >= 15 is 0 Å². The molecule has 4 atom stereocenters. The molecule has 180 valence electrons. The van der Waals surface area contributed by atoms with Crippen LogP contribution in [0.15, 0.2) is 24.7 Å². The molecule has 0 aromatic carbocycles. The number of rotatable bonds is 5. The zero-order chi connectivity index (χ0) is 23.8. The number of carbonyl (C=O) groups excluding carboxylic acids is 3. The first-order valence-corrected chi connectivity index (χ1v) is 12.6. The lowest BCUT2D eigenvalue weighted by Crippen LogP contribution is -2.55. The number of halogens is 2. The molecule has 4 heterocycles. The molecule has 2 aromatic rings. The molecule has 1 N–H and O–H groups in total. The number of nitrogens with zero attached hydrogens (tertiary/aromatic N) is 3. The van der Waals surface area contributed by atoms with Crippen LogP contribution in [0.25, 0.3) is 10.6 Å². The van der Waals surface area contributed by atoms with Crippen LogP contribution in [0.2, 0.25) is 0 Å². The van der Waals surface area contributed by atoms with E-state index in [4.69, 9.17) is 16.3 Å². The first-order valence-electron chi connectivity index (χ1n) is 11.4. The van der Waals surface area contributed by atoms with E-state index in [0.29, 0.717) is 9.75 Å². The first-order chi connectivity index (χ1) is 16.4. The number of thiophene rings is 1. The SMILES string of the molecule is O=C(NC(C(=O)N1C[C@H](Cl)[C@H]2OCC(=O)[C@H]21)C1CCCCC1)c1ccc(-c2ncncc2F)s1. The largest absolute Gasteiger partial charge is 0.366 e. The molecule has 2 saturated heterocycles. The highest BCUT2D eigenvalue weighted by atomic mass is 35.5. The fourth-order valence-electron chi connectivity index (χ4n) is 5.14. The molecular weight excluding hydrogens is 483 g/mol. The Morgan fingerprint density at radius 1 is 1.26 bits per heavy atom. The molecule has 5 rings (SSSR count). The van der Waals surface area contributed by atoms with E-state index in [1.165, 1.54) is 11.2 Å². The highest BCUT2D eigenvalue weighted by Gasteiger charge is 2.53. The molecule has 0 spiro atoms. The summed E-state index contributed by atoms with van der Waals surface area (Å²) in [6.45, 7) is 0.150. The minimum atomic E-state index is -0.773. The van der Waals surface area contributed by atoms with Crippen LogP contribution in [0.3, 0.4) is 0 Å². The topological polar surface area (TPSA) is 101 Å². The minimum absolute atomic E-state index is 0.0332. The average molecular weight is 507 g/mol. The van der Waals surface area contributed by atoms with Crippen molar-refractivity contribution in [3.8, 4) is 10.6 Å². The molecule has 3 aliphatic rings. The summed E-state index contributed by atoms with van der Waals surface area (Å²) in [5.41, 5.74) is 0.120. The number of likely N-dealkylation sites (tertiary alicyclic amines) is 1. The maximum absolute atomic E-state index is 14.1. The molecule has 2 aliphatic heterocycles. The third kappa shape index (κ3) is 4.34. The summed E-state index contributed by atoms with van der Waals surface area (Å²) in [4.78, 5) is 49.2. The third-order valence-corrected chi connectivity index (χ3v) is 8.29. The molecule has 8 nitrogen and oxygen atoms in total. The Bertz CT molecular complexity index is 1110. The van der Waals surface area contributed by atoms with Crippen molar-refractivity contribution in [3.63, 3.8) is 0 Å². The van der Waals surface area contributed by atoms with Gasteiger partial charge in [-0.25, -0.2) is 14.4 Å². The predicted molar refractivity (Wildman–Crippen MR) is 123 cm³/mol. The molecule has 1 unspecified atom stereocenters. The van der Waals surface area contributed by atoms with Crippen LogP contribution in [0, 0.1) is 11.7 Å². The van der Waals surface area contributed by atoms with E-state index in [2.05, 4.69) is 15.3 Å². The first kappa shape index (κ1) is 23.3. The van der Waals surface area contributed by atoms with Gasteiger partial charge in [0.25, 0.3) is 5.91 Å². The summed E-state index contributed by atoms with van der Waals surface area (Å²) in [6, 6.07) is 1.74. The fraction of sp³-hybridized carbons (Fsp3) is 0.522. The van der Waals surface area contributed by atoms with Crippen LogP contribution < -0.4 is 5.32 Å². The van der Waals surface area contributed by atoms with Crippen LogP contribution >= 0.6 is 22.9 Å². The second kappa shape index (κ2) is 9.67. The van der Waals surface area contributed by atoms with Crippen LogP contribution in [-0.2, 0) is 14.3 Å². The lowest BCUT2D eigenvalue weighted by molar-refractivity contribution is -0.139. The van der Waals surface area contributed by atoms with Gasteiger partial charge in [-0.15, -0.1) is 22.9 Å². The number of Topliss-reactive ketones (excluding diaryl/α,β-unsaturated/α-hetero) is 1. The number of fused-ring (bicyclic) bond motifs is 1. The molecule has 2 amide bonds. The number of nitrogens with one attached hydrogen (secondary N) is 1. The van der Waals surface area contributed by atoms with Gasteiger partial charge < -0.3 is 15.0 Å². The van der Waals surface area contributed by atoms with Crippen molar-refractivity contribution >= 4 is 40.5 Å². The normalized spacial score (nSPS) is 25.9. The Balaban J connectivity index is 1.38. The zero-order valence-electron chi connectivity index (χ0n) is 18.3. The van der Waals surface area contributed by atoms with Crippen LogP contribution in [0.1, 0.15) is 41.8 Å². The van der Waals surface area contributed by atoms with Crippen molar-refractivity contribution in [1.29, 1.82) is 0 Å². The van der Waals surface area contributed by atoms with Crippen LogP contribution in [0.5, 0.6) is 0 Å².